The predicted molar refractivity (Wildman–Crippen MR) is 155 cm³/mol. The van der Waals surface area contributed by atoms with Crippen molar-refractivity contribution >= 4 is 33.2 Å². The molecule has 38 heavy (non-hydrogen) atoms. The third-order valence-electron chi connectivity index (χ3n) is 8.51. The number of carbonyl (C=O) groups excluding carboxylic acids is 2. The summed E-state index contributed by atoms with van der Waals surface area (Å²) in [5.74, 6) is -0.215. The van der Waals surface area contributed by atoms with Crippen LogP contribution in [0.25, 0.3) is 10.2 Å². The van der Waals surface area contributed by atoms with Gasteiger partial charge in [-0.05, 0) is 68.1 Å². The van der Waals surface area contributed by atoms with E-state index in [2.05, 4.69) is 30.7 Å². The highest BCUT2D eigenvalue weighted by Gasteiger charge is 2.40. The van der Waals surface area contributed by atoms with Crippen molar-refractivity contribution in [1.82, 2.24) is 10.3 Å². The van der Waals surface area contributed by atoms with Crippen molar-refractivity contribution in [3.63, 3.8) is 0 Å². The summed E-state index contributed by atoms with van der Waals surface area (Å²) in [5, 5.41) is 25.6. The minimum atomic E-state index is -1.10. The smallest absolute Gasteiger partial charge is 0.223 e. The number of amides is 1. The van der Waals surface area contributed by atoms with Crippen LogP contribution in [0.5, 0.6) is 0 Å². The number of aryl methyl sites for hydroxylation is 1. The molecule has 6 nitrogen and oxygen atoms in total. The number of aromatic nitrogens is 1. The zero-order chi connectivity index (χ0) is 28.1. The van der Waals surface area contributed by atoms with Crippen LogP contribution < -0.4 is 5.32 Å². The molecule has 0 spiro atoms. The van der Waals surface area contributed by atoms with Crippen LogP contribution in [0.15, 0.2) is 30.9 Å². The van der Waals surface area contributed by atoms with E-state index in [0.717, 1.165) is 52.9 Å². The van der Waals surface area contributed by atoms with Gasteiger partial charge in [0.2, 0.25) is 5.91 Å². The average Bonchev–Trinajstić information content (AvgIpc) is 3.24. The van der Waals surface area contributed by atoms with Crippen molar-refractivity contribution in [3.8, 4) is 0 Å². The van der Waals surface area contributed by atoms with E-state index in [1.807, 2.05) is 25.1 Å². The van der Waals surface area contributed by atoms with Crippen LogP contribution in [0.4, 0.5) is 0 Å². The van der Waals surface area contributed by atoms with Gasteiger partial charge in [-0.3, -0.25) is 9.59 Å². The van der Waals surface area contributed by atoms with E-state index in [9.17, 15) is 19.8 Å². The topological polar surface area (TPSA) is 99.5 Å². The molecule has 0 saturated carbocycles. The summed E-state index contributed by atoms with van der Waals surface area (Å²) < 4.78 is 1.10. The van der Waals surface area contributed by atoms with Crippen molar-refractivity contribution in [2.75, 3.05) is 6.61 Å². The van der Waals surface area contributed by atoms with Crippen LogP contribution >= 0.6 is 11.3 Å². The van der Waals surface area contributed by atoms with Crippen molar-refractivity contribution < 1.29 is 19.8 Å². The fraction of sp³-hybridized carbons (Fsp3) is 0.645. The molecule has 1 aliphatic heterocycles. The summed E-state index contributed by atoms with van der Waals surface area (Å²) in [6.45, 7) is 13.7. The zero-order valence-electron chi connectivity index (χ0n) is 23.8. The number of aliphatic hydroxyl groups is 2. The number of allylic oxidation sites excluding steroid dienone is 1. The standard InChI is InChI=1S/C31H46N2O4S/c1-7-9-23-16-20(2)10-8-14-31(6,19-34)15-13-24(22-11-12-26-25(17-22)32-21(3)38-26)33-28(36)18-27(35)30(4,5)29(23)37/h7,11-12,17,20,23-24,27,34-35H,1,8-10,13-16,18-19H2,2-6H3,(H,33,36)/t20-,23+,24-,27-,31+/m0/s1. The quantitative estimate of drug-likeness (QED) is 0.394. The fourth-order valence-electron chi connectivity index (χ4n) is 5.74. The summed E-state index contributed by atoms with van der Waals surface area (Å²) >= 11 is 1.64. The predicted octanol–water partition coefficient (Wildman–Crippen LogP) is 6.29. The number of hydrogen-bond donors (Lipinski definition) is 3. The first-order valence-corrected chi connectivity index (χ1v) is 14.8. The Morgan fingerprint density at radius 1 is 1.21 bits per heavy atom. The Morgan fingerprint density at radius 2 is 1.95 bits per heavy atom. The van der Waals surface area contributed by atoms with Crippen molar-refractivity contribution in [2.45, 2.75) is 98.1 Å². The van der Waals surface area contributed by atoms with Crippen LogP contribution in [0, 0.1) is 29.6 Å². The summed E-state index contributed by atoms with van der Waals surface area (Å²) in [4.78, 5) is 31.5. The van der Waals surface area contributed by atoms with Crippen molar-refractivity contribution in [2.24, 2.45) is 22.7 Å². The zero-order valence-corrected chi connectivity index (χ0v) is 24.6. The molecule has 0 radical (unpaired) electrons. The van der Waals surface area contributed by atoms with Gasteiger partial charge in [0, 0.05) is 12.5 Å². The molecule has 1 aromatic carbocycles. The van der Waals surface area contributed by atoms with Crippen LogP contribution in [0.2, 0.25) is 0 Å². The highest BCUT2D eigenvalue weighted by atomic mass is 32.1. The molecular formula is C31H46N2O4S. The Labute approximate surface area is 231 Å². The van der Waals surface area contributed by atoms with Gasteiger partial charge in [-0.1, -0.05) is 52.7 Å². The first-order valence-electron chi connectivity index (χ1n) is 14.0. The van der Waals surface area contributed by atoms with E-state index in [-0.39, 0.29) is 42.1 Å². The van der Waals surface area contributed by atoms with Crippen LogP contribution in [-0.4, -0.2) is 39.6 Å². The molecule has 210 valence electrons. The van der Waals surface area contributed by atoms with Crippen molar-refractivity contribution in [1.29, 1.82) is 0 Å². The Balaban J connectivity index is 1.93. The third-order valence-corrected chi connectivity index (χ3v) is 9.46. The molecule has 1 fully saturated rings. The number of thiazole rings is 1. The molecule has 1 saturated heterocycles. The molecule has 0 aliphatic carbocycles. The largest absolute Gasteiger partial charge is 0.396 e. The maximum atomic E-state index is 13.6. The molecule has 5 atom stereocenters. The summed E-state index contributed by atoms with van der Waals surface area (Å²) in [6.07, 6.45) is 6.03. The maximum absolute atomic E-state index is 13.6. The van der Waals surface area contributed by atoms with E-state index >= 15 is 0 Å². The maximum Gasteiger partial charge on any atom is 0.223 e. The van der Waals surface area contributed by atoms with Crippen molar-refractivity contribution in [3.05, 3.63) is 41.4 Å². The average molecular weight is 543 g/mol. The Hall–Kier alpha value is -2.09. The number of nitrogens with one attached hydrogen (secondary N) is 1. The SMILES string of the molecule is C=CC[C@@H]1C[C@@H](C)CCC[C@@](C)(CO)CC[C@@H](c2ccc3sc(C)nc3c2)NC(=O)C[C@H](O)C(C)(C)C1=O. The number of fused-ring (bicyclic) bond motifs is 1. The van der Waals surface area contributed by atoms with Crippen LogP contribution in [-0.2, 0) is 9.59 Å². The first kappa shape index (κ1) is 30.5. The minimum Gasteiger partial charge on any atom is -0.396 e. The van der Waals surface area contributed by atoms with Gasteiger partial charge in [0.1, 0.15) is 5.78 Å². The van der Waals surface area contributed by atoms with Gasteiger partial charge in [0.15, 0.2) is 0 Å². The second-order valence-electron chi connectivity index (χ2n) is 12.3. The summed E-state index contributed by atoms with van der Waals surface area (Å²) in [6, 6.07) is 5.82. The molecule has 0 unspecified atom stereocenters. The van der Waals surface area contributed by atoms with Gasteiger partial charge >= 0.3 is 0 Å². The second kappa shape index (κ2) is 12.8. The number of benzene rings is 1. The highest BCUT2D eigenvalue weighted by Crippen LogP contribution is 2.37. The highest BCUT2D eigenvalue weighted by molar-refractivity contribution is 7.18. The molecule has 3 N–H and O–H groups in total. The lowest BCUT2D eigenvalue weighted by Gasteiger charge is -2.34. The fourth-order valence-corrected chi connectivity index (χ4v) is 6.55. The van der Waals surface area contributed by atoms with Gasteiger partial charge < -0.3 is 15.5 Å². The lowest BCUT2D eigenvalue weighted by atomic mass is 9.72. The van der Waals surface area contributed by atoms with E-state index < -0.39 is 11.5 Å². The second-order valence-corrected chi connectivity index (χ2v) is 13.6. The number of ketones is 1. The van der Waals surface area contributed by atoms with Gasteiger partial charge in [0.25, 0.3) is 0 Å². The molecule has 3 rings (SSSR count). The number of aliphatic hydroxyl groups excluding tert-OH is 2. The molecule has 7 heteroatoms. The van der Waals surface area contributed by atoms with E-state index in [1.165, 1.54) is 0 Å². The first-order chi connectivity index (χ1) is 17.9. The van der Waals surface area contributed by atoms with Gasteiger partial charge in [-0.25, -0.2) is 4.98 Å². The molecule has 1 aromatic heterocycles. The van der Waals surface area contributed by atoms with Gasteiger partial charge in [-0.15, -0.1) is 17.9 Å². The number of carbonyl (C=O) groups is 2. The van der Waals surface area contributed by atoms with E-state index in [4.69, 9.17) is 0 Å². The van der Waals surface area contributed by atoms with Crippen LogP contribution in [0.3, 0.4) is 0 Å². The van der Waals surface area contributed by atoms with E-state index in [1.54, 1.807) is 31.3 Å². The number of rotatable bonds is 4. The van der Waals surface area contributed by atoms with Gasteiger partial charge in [0.05, 0.1) is 39.2 Å². The third kappa shape index (κ3) is 7.51. The Bertz CT molecular complexity index is 1130. The molecule has 2 heterocycles. The lowest BCUT2D eigenvalue weighted by Crippen LogP contribution is -2.44. The normalized spacial score (nSPS) is 30.2. The Kier molecular flexibility index (Phi) is 10.3. The molecular weight excluding hydrogens is 496 g/mol. The molecule has 0 bridgehead atoms. The molecule has 1 aliphatic rings. The van der Waals surface area contributed by atoms with Gasteiger partial charge in [-0.2, -0.15) is 0 Å². The van der Waals surface area contributed by atoms with Crippen LogP contribution in [0.1, 0.15) is 95.7 Å². The summed E-state index contributed by atoms with van der Waals surface area (Å²) in [5.41, 5.74) is 0.551. The molecule has 2 aromatic rings. The monoisotopic (exact) mass is 542 g/mol. The number of nitrogens with zero attached hydrogens (tertiary/aromatic N) is 1. The Morgan fingerprint density at radius 3 is 2.63 bits per heavy atom. The number of hydrogen-bond acceptors (Lipinski definition) is 6. The lowest BCUT2D eigenvalue weighted by molar-refractivity contribution is -0.140. The number of Topliss-reactive ketones (excluding diaryl/α,β-unsaturated/α-hetero) is 1. The molecule has 1 amide bonds. The van der Waals surface area contributed by atoms with E-state index in [0.29, 0.717) is 18.8 Å². The minimum absolute atomic E-state index is 0.0160. The summed E-state index contributed by atoms with van der Waals surface area (Å²) in [7, 11) is 0.